The zero-order chi connectivity index (χ0) is 18.7. The molecule has 2 aromatic rings. The number of pyridine rings is 1. The number of halogens is 1. The minimum atomic E-state index is -0.463. The highest BCUT2D eigenvalue weighted by atomic mass is 35.5. The van der Waals surface area contributed by atoms with Crippen molar-refractivity contribution in [3.63, 3.8) is 0 Å². The lowest BCUT2D eigenvalue weighted by molar-refractivity contribution is -0.122. The third kappa shape index (κ3) is 4.18. The number of carbonyl (C=O) groups is 3. The van der Waals surface area contributed by atoms with Gasteiger partial charge in [-0.1, -0.05) is 11.6 Å². The van der Waals surface area contributed by atoms with Gasteiger partial charge >= 0.3 is 0 Å². The monoisotopic (exact) mass is 372 g/mol. The zero-order valence-corrected chi connectivity index (χ0v) is 14.8. The average molecular weight is 373 g/mol. The Balaban J connectivity index is 1.65. The number of amides is 3. The minimum absolute atomic E-state index is 0.124. The maximum Gasteiger partial charge on any atom is 0.230 e. The van der Waals surface area contributed by atoms with E-state index in [1.807, 2.05) is 0 Å². The van der Waals surface area contributed by atoms with Crippen LogP contribution in [0, 0.1) is 5.92 Å². The minimum Gasteiger partial charge on any atom is -0.326 e. The summed E-state index contributed by atoms with van der Waals surface area (Å²) in [6.07, 6.45) is 1.58. The summed E-state index contributed by atoms with van der Waals surface area (Å²) in [4.78, 5) is 41.3. The van der Waals surface area contributed by atoms with Crippen molar-refractivity contribution in [3.8, 4) is 0 Å². The summed E-state index contributed by atoms with van der Waals surface area (Å²) in [7, 11) is 0. The van der Waals surface area contributed by atoms with Gasteiger partial charge in [-0.15, -0.1) is 0 Å². The van der Waals surface area contributed by atoms with E-state index in [1.165, 1.54) is 13.1 Å². The summed E-state index contributed by atoms with van der Waals surface area (Å²) in [5.74, 6) is -0.616. The molecule has 26 heavy (non-hydrogen) atoms. The van der Waals surface area contributed by atoms with E-state index in [0.29, 0.717) is 22.2 Å². The van der Waals surface area contributed by atoms with Crippen LogP contribution in [-0.4, -0.2) is 29.3 Å². The van der Waals surface area contributed by atoms with Crippen molar-refractivity contribution >= 4 is 46.5 Å². The van der Waals surface area contributed by atoms with Crippen LogP contribution in [0.2, 0.25) is 5.02 Å². The van der Waals surface area contributed by atoms with Crippen molar-refractivity contribution in [1.29, 1.82) is 0 Å². The number of nitrogens with zero attached hydrogens (tertiary/aromatic N) is 2. The largest absolute Gasteiger partial charge is 0.326 e. The third-order valence-electron chi connectivity index (χ3n) is 3.97. The lowest BCUT2D eigenvalue weighted by atomic mass is 10.1. The van der Waals surface area contributed by atoms with Crippen LogP contribution in [0.3, 0.4) is 0 Å². The van der Waals surface area contributed by atoms with Crippen LogP contribution >= 0.6 is 11.6 Å². The molecule has 0 spiro atoms. The Morgan fingerprint density at radius 3 is 2.50 bits per heavy atom. The molecule has 0 saturated carbocycles. The van der Waals surface area contributed by atoms with E-state index in [1.54, 1.807) is 41.3 Å². The first-order valence-corrected chi connectivity index (χ1v) is 8.40. The van der Waals surface area contributed by atoms with Gasteiger partial charge in [0.05, 0.1) is 10.9 Å². The Bertz CT molecular complexity index is 837. The van der Waals surface area contributed by atoms with Crippen LogP contribution in [0.15, 0.2) is 42.6 Å². The van der Waals surface area contributed by atoms with E-state index < -0.39 is 5.92 Å². The summed E-state index contributed by atoms with van der Waals surface area (Å²) in [5.41, 5.74) is 1.33. The summed E-state index contributed by atoms with van der Waals surface area (Å²) in [5, 5.41) is 5.85. The quantitative estimate of drug-likeness (QED) is 0.863. The highest BCUT2D eigenvalue weighted by Gasteiger charge is 2.35. The fourth-order valence-electron chi connectivity index (χ4n) is 2.74. The molecule has 0 radical (unpaired) electrons. The second-order valence-corrected chi connectivity index (χ2v) is 6.42. The summed E-state index contributed by atoms with van der Waals surface area (Å²) in [6.45, 7) is 1.72. The molecular formula is C18H17ClN4O3. The molecule has 1 aliphatic heterocycles. The lowest BCUT2D eigenvalue weighted by Gasteiger charge is -2.17. The van der Waals surface area contributed by atoms with Crippen LogP contribution in [0.5, 0.6) is 0 Å². The van der Waals surface area contributed by atoms with Crippen molar-refractivity contribution in [3.05, 3.63) is 47.6 Å². The highest BCUT2D eigenvalue weighted by Crippen LogP contribution is 2.27. The maximum atomic E-state index is 12.4. The summed E-state index contributed by atoms with van der Waals surface area (Å²) < 4.78 is 0. The smallest absolute Gasteiger partial charge is 0.230 e. The Morgan fingerprint density at radius 2 is 1.88 bits per heavy atom. The van der Waals surface area contributed by atoms with Gasteiger partial charge in [-0.05, 0) is 36.4 Å². The second kappa shape index (κ2) is 7.53. The number of hydrogen-bond donors (Lipinski definition) is 2. The van der Waals surface area contributed by atoms with Gasteiger partial charge in [0.25, 0.3) is 0 Å². The van der Waals surface area contributed by atoms with Crippen LogP contribution in [-0.2, 0) is 14.4 Å². The Labute approximate surface area is 155 Å². The number of aromatic nitrogens is 1. The van der Waals surface area contributed by atoms with Crippen LogP contribution < -0.4 is 15.5 Å². The molecule has 8 heteroatoms. The first-order chi connectivity index (χ1) is 12.4. The molecule has 7 nitrogen and oxygen atoms in total. The molecule has 0 bridgehead atoms. The van der Waals surface area contributed by atoms with Crippen LogP contribution in [0.4, 0.5) is 17.2 Å². The molecule has 1 aromatic heterocycles. The van der Waals surface area contributed by atoms with Crippen molar-refractivity contribution in [2.24, 2.45) is 5.92 Å². The predicted octanol–water partition coefficient (Wildman–Crippen LogP) is 2.69. The molecule has 1 atom stereocenters. The fraction of sp³-hybridized carbons (Fsp3) is 0.222. The van der Waals surface area contributed by atoms with E-state index in [9.17, 15) is 14.4 Å². The SMILES string of the molecule is CC(=O)Nc1ccc(N2CC(C(=O)Nc3ccc(Cl)cn3)CC2=O)cc1. The van der Waals surface area contributed by atoms with Crippen molar-refractivity contribution in [1.82, 2.24) is 4.98 Å². The molecule has 1 unspecified atom stereocenters. The molecule has 2 N–H and O–H groups in total. The Kier molecular flexibility index (Phi) is 5.18. The molecule has 1 saturated heterocycles. The maximum absolute atomic E-state index is 12.4. The van der Waals surface area contributed by atoms with Gasteiger partial charge in [-0.25, -0.2) is 4.98 Å². The van der Waals surface area contributed by atoms with E-state index in [4.69, 9.17) is 11.6 Å². The normalized spacial score (nSPS) is 16.5. The number of carbonyl (C=O) groups excluding carboxylic acids is 3. The van der Waals surface area contributed by atoms with Crippen molar-refractivity contribution in [2.45, 2.75) is 13.3 Å². The number of benzene rings is 1. The average Bonchev–Trinajstić information content (AvgIpc) is 2.99. The molecule has 134 valence electrons. The van der Waals surface area contributed by atoms with Gasteiger partial charge in [0.2, 0.25) is 17.7 Å². The van der Waals surface area contributed by atoms with E-state index >= 15 is 0 Å². The number of nitrogens with one attached hydrogen (secondary N) is 2. The zero-order valence-electron chi connectivity index (χ0n) is 14.0. The highest BCUT2D eigenvalue weighted by molar-refractivity contribution is 6.30. The molecule has 3 rings (SSSR count). The van der Waals surface area contributed by atoms with Gasteiger partial charge in [0.15, 0.2) is 0 Å². The van der Waals surface area contributed by atoms with Gasteiger partial charge in [0, 0.05) is 37.5 Å². The first-order valence-electron chi connectivity index (χ1n) is 8.03. The number of anilines is 3. The van der Waals surface area contributed by atoms with Gasteiger partial charge < -0.3 is 15.5 Å². The van der Waals surface area contributed by atoms with Gasteiger partial charge in [-0.2, -0.15) is 0 Å². The molecule has 1 aromatic carbocycles. The Hall–Kier alpha value is -2.93. The topological polar surface area (TPSA) is 91.4 Å². The molecular weight excluding hydrogens is 356 g/mol. The van der Waals surface area contributed by atoms with Crippen LogP contribution in [0.25, 0.3) is 0 Å². The van der Waals surface area contributed by atoms with Crippen molar-refractivity contribution in [2.75, 3.05) is 22.1 Å². The molecule has 2 heterocycles. The standard InChI is InChI=1S/C18H17ClN4O3/c1-11(24)21-14-3-5-15(6-4-14)23-10-12(8-17(23)25)18(26)22-16-7-2-13(19)9-20-16/h2-7,9,12H,8,10H2,1H3,(H,21,24)(H,20,22,26). The second-order valence-electron chi connectivity index (χ2n) is 5.98. The molecule has 0 aliphatic carbocycles. The Morgan fingerprint density at radius 1 is 1.15 bits per heavy atom. The molecule has 1 aliphatic rings. The molecule has 3 amide bonds. The van der Waals surface area contributed by atoms with Crippen molar-refractivity contribution < 1.29 is 14.4 Å². The number of hydrogen-bond acceptors (Lipinski definition) is 4. The predicted molar refractivity (Wildman–Crippen MR) is 99.1 cm³/mol. The first kappa shape index (κ1) is 17.9. The van der Waals surface area contributed by atoms with E-state index in [2.05, 4.69) is 15.6 Å². The number of rotatable bonds is 4. The summed E-state index contributed by atoms with van der Waals surface area (Å²) in [6, 6.07) is 10.2. The van der Waals surface area contributed by atoms with Crippen LogP contribution in [0.1, 0.15) is 13.3 Å². The third-order valence-corrected chi connectivity index (χ3v) is 4.20. The van der Waals surface area contributed by atoms with E-state index in [-0.39, 0.29) is 30.7 Å². The van der Waals surface area contributed by atoms with E-state index in [0.717, 1.165) is 0 Å². The fourth-order valence-corrected chi connectivity index (χ4v) is 2.85. The van der Waals surface area contributed by atoms with Gasteiger partial charge in [-0.3, -0.25) is 14.4 Å². The summed E-state index contributed by atoms with van der Waals surface area (Å²) >= 11 is 5.77. The molecule has 1 fully saturated rings. The van der Waals surface area contributed by atoms with Gasteiger partial charge in [0.1, 0.15) is 5.82 Å². The lowest BCUT2D eigenvalue weighted by Crippen LogP contribution is -2.28.